The minimum absolute atomic E-state index is 0.146. The highest BCUT2D eigenvalue weighted by molar-refractivity contribution is 7.80. The van der Waals surface area contributed by atoms with Gasteiger partial charge in [0, 0.05) is 17.4 Å². The molecule has 1 aromatic carbocycles. The molecule has 0 atom stereocenters. The van der Waals surface area contributed by atoms with Gasteiger partial charge in [-0.1, -0.05) is 32.9 Å². The largest absolute Gasteiger partial charge is 0.497 e. The molecule has 29 heavy (non-hydrogen) atoms. The number of thiophene rings is 1. The Balaban J connectivity index is 2.27. The second kappa shape index (κ2) is 9.84. The summed E-state index contributed by atoms with van der Waals surface area (Å²) in [5.74, 6) is 0.0910. The molecular formula is C21H26N2O4S2. The molecule has 8 heteroatoms. The Kier molecular flexibility index (Phi) is 7.75. The van der Waals surface area contributed by atoms with Crippen LogP contribution >= 0.6 is 23.6 Å². The maximum absolute atomic E-state index is 12.6. The van der Waals surface area contributed by atoms with Crippen molar-refractivity contribution < 1.29 is 19.1 Å². The molecule has 0 radical (unpaired) electrons. The number of rotatable bonds is 6. The fraction of sp³-hybridized carbons (Fsp3) is 0.381. The van der Waals surface area contributed by atoms with E-state index in [0.717, 1.165) is 16.9 Å². The van der Waals surface area contributed by atoms with Crippen molar-refractivity contribution in [3.8, 4) is 16.9 Å². The van der Waals surface area contributed by atoms with Crippen LogP contribution in [0.15, 0.2) is 29.6 Å². The highest BCUT2D eigenvalue weighted by Crippen LogP contribution is 2.36. The second-order valence-electron chi connectivity index (χ2n) is 7.54. The van der Waals surface area contributed by atoms with Gasteiger partial charge in [-0.3, -0.25) is 4.79 Å². The molecule has 0 fully saturated rings. The van der Waals surface area contributed by atoms with Crippen LogP contribution in [0.2, 0.25) is 0 Å². The number of hydrogen-bond acceptors (Lipinski definition) is 6. The number of amides is 1. The molecule has 0 aliphatic heterocycles. The molecule has 0 bridgehead atoms. The van der Waals surface area contributed by atoms with Gasteiger partial charge in [0.05, 0.1) is 13.7 Å². The molecule has 2 rings (SSSR count). The van der Waals surface area contributed by atoms with E-state index in [1.165, 1.54) is 11.3 Å². The van der Waals surface area contributed by atoms with Gasteiger partial charge in [0.15, 0.2) is 5.11 Å². The zero-order valence-electron chi connectivity index (χ0n) is 17.3. The van der Waals surface area contributed by atoms with E-state index in [-0.39, 0.29) is 23.0 Å². The Hall–Kier alpha value is -2.45. The van der Waals surface area contributed by atoms with Crippen molar-refractivity contribution in [3.05, 3.63) is 35.2 Å². The number of methoxy groups -OCH3 is 1. The number of nitrogens with one attached hydrogen (secondary N) is 2. The van der Waals surface area contributed by atoms with E-state index in [1.54, 1.807) is 14.0 Å². The van der Waals surface area contributed by atoms with Crippen LogP contribution in [0, 0.1) is 5.41 Å². The molecule has 2 aromatic rings. The molecule has 0 spiro atoms. The Bertz CT molecular complexity index is 883. The molecule has 156 valence electrons. The zero-order valence-corrected chi connectivity index (χ0v) is 18.9. The second-order valence-corrected chi connectivity index (χ2v) is 8.83. The van der Waals surface area contributed by atoms with Gasteiger partial charge in [0.1, 0.15) is 16.3 Å². The maximum atomic E-state index is 12.6. The van der Waals surface area contributed by atoms with E-state index in [0.29, 0.717) is 17.0 Å². The first kappa shape index (κ1) is 22.8. The third kappa shape index (κ3) is 6.54. The van der Waals surface area contributed by atoms with E-state index in [4.69, 9.17) is 21.7 Å². The van der Waals surface area contributed by atoms with Gasteiger partial charge < -0.3 is 20.1 Å². The minimum Gasteiger partial charge on any atom is -0.497 e. The molecule has 6 nitrogen and oxygen atoms in total. The van der Waals surface area contributed by atoms with Crippen LogP contribution in [0.25, 0.3) is 11.1 Å². The van der Waals surface area contributed by atoms with E-state index in [2.05, 4.69) is 10.6 Å². The summed E-state index contributed by atoms with van der Waals surface area (Å²) < 4.78 is 10.4. The van der Waals surface area contributed by atoms with Crippen LogP contribution < -0.4 is 15.4 Å². The lowest BCUT2D eigenvalue weighted by molar-refractivity contribution is -0.121. The van der Waals surface area contributed by atoms with E-state index >= 15 is 0 Å². The zero-order chi connectivity index (χ0) is 21.6. The van der Waals surface area contributed by atoms with Gasteiger partial charge >= 0.3 is 5.97 Å². The number of ether oxygens (including phenoxy) is 2. The number of anilines is 1. The number of carbonyl (C=O) groups is 2. The smallest absolute Gasteiger partial charge is 0.341 e. The molecule has 0 aliphatic rings. The quantitative estimate of drug-likeness (QED) is 0.500. The highest BCUT2D eigenvalue weighted by atomic mass is 32.1. The molecule has 0 saturated carbocycles. The summed E-state index contributed by atoms with van der Waals surface area (Å²) in [5, 5.41) is 8.17. The SMILES string of the molecule is CCOC(=O)c1c(-c2ccc(OC)cc2)csc1NC(=S)NC(=O)CC(C)(C)C. The lowest BCUT2D eigenvalue weighted by atomic mass is 9.92. The van der Waals surface area contributed by atoms with Crippen molar-refractivity contribution in [2.24, 2.45) is 5.41 Å². The first-order valence-electron chi connectivity index (χ1n) is 9.18. The van der Waals surface area contributed by atoms with Crippen LogP contribution in [-0.2, 0) is 9.53 Å². The van der Waals surface area contributed by atoms with Crippen molar-refractivity contribution >= 4 is 45.5 Å². The molecule has 1 aromatic heterocycles. The average Bonchev–Trinajstić information content (AvgIpc) is 3.03. The standard InChI is InChI=1S/C21H26N2O4S2/c1-6-27-19(25)17-15(13-7-9-14(26-5)10-8-13)12-29-18(17)23-20(28)22-16(24)11-21(2,3)4/h7-10,12H,6,11H2,1-5H3,(H2,22,23,24,28). The minimum atomic E-state index is -0.453. The summed E-state index contributed by atoms with van der Waals surface area (Å²) in [7, 11) is 1.60. The lowest BCUT2D eigenvalue weighted by Crippen LogP contribution is -2.36. The predicted octanol–water partition coefficient (Wildman–Crippen LogP) is 4.85. The van der Waals surface area contributed by atoms with Crippen LogP contribution in [0.5, 0.6) is 5.75 Å². The number of benzene rings is 1. The summed E-state index contributed by atoms with van der Waals surface area (Å²) in [6, 6.07) is 7.40. The third-order valence-electron chi connectivity index (χ3n) is 3.84. The summed E-state index contributed by atoms with van der Waals surface area (Å²) in [4.78, 5) is 24.8. The fourth-order valence-corrected chi connectivity index (χ4v) is 3.87. The molecule has 1 heterocycles. The maximum Gasteiger partial charge on any atom is 0.341 e. The molecular weight excluding hydrogens is 408 g/mol. The summed E-state index contributed by atoms with van der Waals surface area (Å²) in [6.07, 6.45) is 0.334. The summed E-state index contributed by atoms with van der Waals surface area (Å²) in [6.45, 7) is 7.93. The van der Waals surface area contributed by atoms with Gasteiger partial charge in [-0.25, -0.2) is 4.79 Å². The Morgan fingerprint density at radius 3 is 2.38 bits per heavy atom. The van der Waals surface area contributed by atoms with Crippen molar-refractivity contribution in [1.82, 2.24) is 5.32 Å². The third-order valence-corrected chi connectivity index (χ3v) is 4.94. The van der Waals surface area contributed by atoms with Gasteiger partial charge in [0.25, 0.3) is 0 Å². The number of carbonyl (C=O) groups excluding carboxylic acids is 2. The first-order chi connectivity index (χ1) is 13.6. The fourth-order valence-electron chi connectivity index (χ4n) is 2.63. The van der Waals surface area contributed by atoms with Crippen molar-refractivity contribution in [2.75, 3.05) is 19.0 Å². The topological polar surface area (TPSA) is 76.7 Å². The first-order valence-corrected chi connectivity index (χ1v) is 10.5. The van der Waals surface area contributed by atoms with E-state index in [9.17, 15) is 9.59 Å². The monoisotopic (exact) mass is 434 g/mol. The lowest BCUT2D eigenvalue weighted by Gasteiger charge is -2.17. The van der Waals surface area contributed by atoms with Crippen LogP contribution in [0.1, 0.15) is 44.5 Å². The van der Waals surface area contributed by atoms with Crippen molar-refractivity contribution in [1.29, 1.82) is 0 Å². The van der Waals surface area contributed by atoms with Crippen LogP contribution in [0.3, 0.4) is 0 Å². The number of thiocarbonyl (C=S) groups is 1. The normalized spacial score (nSPS) is 10.9. The number of esters is 1. The summed E-state index contributed by atoms with van der Waals surface area (Å²) >= 11 is 6.59. The van der Waals surface area contributed by atoms with Gasteiger partial charge in [-0.15, -0.1) is 11.3 Å². The highest BCUT2D eigenvalue weighted by Gasteiger charge is 2.23. The molecule has 0 aliphatic carbocycles. The van der Waals surface area contributed by atoms with Gasteiger partial charge in [-0.05, 0) is 42.3 Å². The molecule has 0 saturated heterocycles. The van der Waals surface area contributed by atoms with Crippen molar-refractivity contribution in [2.45, 2.75) is 34.1 Å². The van der Waals surface area contributed by atoms with E-state index < -0.39 is 5.97 Å². The Labute approximate surface area is 180 Å². The van der Waals surface area contributed by atoms with Crippen LogP contribution in [-0.4, -0.2) is 30.7 Å². The van der Waals surface area contributed by atoms with Gasteiger partial charge in [-0.2, -0.15) is 0 Å². The van der Waals surface area contributed by atoms with Gasteiger partial charge in [0.2, 0.25) is 5.91 Å². The number of hydrogen-bond donors (Lipinski definition) is 2. The van der Waals surface area contributed by atoms with Crippen LogP contribution in [0.4, 0.5) is 5.00 Å². The summed E-state index contributed by atoms with van der Waals surface area (Å²) in [5.41, 5.74) is 1.80. The average molecular weight is 435 g/mol. The molecule has 0 unspecified atom stereocenters. The Morgan fingerprint density at radius 2 is 1.83 bits per heavy atom. The molecule has 1 amide bonds. The van der Waals surface area contributed by atoms with Crippen molar-refractivity contribution in [3.63, 3.8) is 0 Å². The van der Waals surface area contributed by atoms with E-state index in [1.807, 2.05) is 50.4 Å². The Morgan fingerprint density at radius 1 is 1.17 bits per heavy atom. The predicted molar refractivity (Wildman–Crippen MR) is 121 cm³/mol. The molecule has 2 N–H and O–H groups in total.